The Morgan fingerprint density at radius 3 is 2.78 bits per heavy atom. The number of aldehydes is 1. The molecule has 1 aromatic heterocycles. The van der Waals surface area contributed by atoms with Crippen LogP contribution in [0.4, 0.5) is 5.69 Å². The molecule has 0 unspecified atom stereocenters. The molecule has 6 heteroatoms. The Bertz CT molecular complexity index is 464. The molecule has 1 aliphatic rings. The van der Waals surface area contributed by atoms with Crippen molar-refractivity contribution in [2.24, 2.45) is 0 Å². The van der Waals surface area contributed by atoms with Crippen molar-refractivity contribution in [3.63, 3.8) is 0 Å². The Kier molecular flexibility index (Phi) is 4.09. The van der Waals surface area contributed by atoms with Gasteiger partial charge in [-0.25, -0.2) is 4.68 Å². The Morgan fingerprint density at radius 1 is 1.50 bits per heavy atom. The topological polar surface area (TPSA) is 64.4 Å². The van der Waals surface area contributed by atoms with Gasteiger partial charge in [0.1, 0.15) is 12.8 Å². The van der Waals surface area contributed by atoms with E-state index in [4.69, 9.17) is 4.74 Å². The number of aromatic nitrogens is 2. The van der Waals surface area contributed by atoms with Crippen molar-refractivity contribution in [2.45, 2.75) is 25.5 Å². The number of hydrogen-bond donors (Lipinski definition) is 0. The van der Waals surface area contributed by atoms with Crippen molar-refractivity contribution in [3.05, 3.63) is 22.6 Å². The first-order valence-corrected chi connectivity index (χ1v) is 6.03. The first-order valence-electron chi connectivity index (χ1n) is 6.03. The van der Waals surface area contributed by atoms with E-state index in [1.165, 1.54) is 6.07 Å². The molecular formula is C12H17N3O3. The third-order valence-electron chi connectivity index (χ3n) is 3.24. The van der Waals surface area contributed by atoms with Gasteiger partial charge in [0.05, 0.1) is 18.0 Å². The van der Waals surface area contributed by atoms with Crippen molar-refractivity contribution >= 4 is 12.0 Å². The van der Waals surface area contributed by atoms with Crippen LogP contribution >= 0.6 is 0 Å². The standard InChI is InChI=1S/C12H17N3O3/c1-18-11-2-4-14(5-3-11)10-8-12(17)15(6-7-16)13-9-10/h7-9,11H,2-6H2,1H3. The highest BCUT2D eigenvalue weighted by Crippen LogP contribution is 2.18. The molecule has 1 aromatic rings. The van der Waals surface area contributed by atoms with Gasteiger partial charge in [0.2, 0.25) is 0 Å². The van der Waals surface area contributed by atoms with E-state index >= 15 is 0 Å². The maximum atomic E-state index is 11.7. The van der Waals surface area contributed by atoms with Gasteiger partial charge in [0, 0.05) is 26.3 Å². The third-order valence-corrected chi connectivity index (χ3v) is 3.24. The molecule has 1 aliphatic heterocycles. The van der Waals surface area contributed by atoms with Crippen LogP contribution in [0.15, 0.2) is 17.1 Å². The van der Waals surface area contributed by atoms with Gasteiger partial charge >= 0.3 is 0 Å². The van der Waals surface area contributed by atoms with Crippen molar-refractivity contribution in [3.8, 4) is 0 Å². The summed E-state index contributed by atoms with van der Waals surface area (Å²) in [5.74, 6) is 0. The van der Waals surface area contributed by atoms with Gasteiger partial charge < -0.3 is 14.4 Å². The second-order valence-electron chi connectivity index (χ2n) is 4.32. The van der Waals surface area contributed by atoms with Gasteiger partial charge in [-0.2, -0.15) is 5.10 Å². The number of methoxy groups -OCH3 is 1. The number of nitrogens with zero attached hydrogens (tertiary/aromatic N) is 3. The molecule has 1 saturated heterocycles. The highest BCUT2D eigenvalue weighted by molar-refractivity contribution is 5.49. The van der Waals surface area contributed by atoms with E-state index in [2.05, 4.69) is 10.00 Å². The normalized spacial score (nSPS) is 16.8. The largest absolute Gasteiger partial charge is 0.381 e. The predicted molar refractivity (Wildman–Crippen MR) is 66.8 cm³/mol. The quantitative estimate of drug-likeness (QED) is 0.708. The van der Waals surface area contributed by atoms with Crippen LogP contribution in [0.25, 0.3) is 0 Å². The van der Waals surface area contributed by atoms with Gasteiger partial charge in [0.25, 0.3) is 5.56 Å². The maximum Gasteiger partial charge on any atom is 0.269 e. The van der Waals surface area contributed by atoms with Crippen LogP contribution in [0, 0.1) is 0 Å². The highest BCUT2D eigenvalue weighted by Gasteiger charge is 2.19. The Labute approximate surface area is 105 Å². The van der Waals surface area contributed by atoms with Gasteiger partial charge in [-0.3, -0.25) is 4.79 Å². The van der Waals surface area contributed by atoms with Crippen LogP contribution in [0.3, 0.4) is 0 Å². The molecule has 0 amide bonds. The van der Waals surface area contributed by atoms with Gasteiger partial charge in [-0.05, 0) is 12.8 Å². The molecule has 0 N–H and O–H groups in total. The minimum absolute atomic E-state index is 0.00482. The van der Waals surface area contributed by atoms with Gasteiger partial charge in [-0.15, -0.1) is 0 Å². The van der Waals surface area contributed by atoms with Crippen molar-refractivity contribution < 1.29 is 9.53 Å². The van der Waals surface area contributed by atoms with E-state index in [-0.39, 0.29) is 12.1 Å². The summed E-state index contributed by atoms with van der Waals surface area (Å²) in [6.07, 6.45) is 4.52. The van der Waals surface area contributed by atoms with Gasteiger partial charge in [-0.1, -0.05) is 0 Å². The second kappa shape index (κ2) is 5.77. The fourth-order valence-corrected chi connectivity index (χ4v) is 2.15. The average Bonchev–Trinajstić information content (AvgIpc) is 2.41. The van der Waals surface area contributed by atoms with E-state index in [1.807, 2.05) is 0 Å². The van der Waals surface area contributed by atoms with E-state index in [9.17, 15) is 9.59 Å². The minimum atomic E-state index is -0.242. The lowest BCUT2D eigenvalue weighted by Crippen LogP contribution is -2.37. The lowest BCUT2D eigenvalue weighted by molar-refractivity contribution is -0.108. The number of ether oxygens (including phenoxy) is 1. The number of rotatable bonds is 4. The lowest BCUT2D eigenvalue weighted by atomic mass is 10.1. The first-order chi connectivity index (χ1) is 8.74. The number of anilines is 1. The highest BCUT2D eigenvalue weighted by atomic mass is 16.5. The summed E-state index contributed by atoms with van der Waals surface area (Å²) in [6.45, 7) is 1.72. The molecule has 0 bridgehead atoms. The summed E-state index contributed by atoms with van der Waals surface area (Å²) in [4.78, 5) is 24.2. The summed E-state index contributed by atoms with van der Waals surface area (Å²) in [5, 5.41) is 3.98. The molecule has 0 spiro atoms. The van der Waals surface area contributed by atoms with Gasteiger partial charge in [0.15, 0.2) is 0 Å². The molecule has 2 rings (SSSR count). The zero-order valence-electron chi connectivity index (χ0n) is 10.4. The number of hydrogen-bond acceptors (Lipinski definition) is 5. The Hall–Kier alpha value is -1.69. The predicted octanol–water partition coefficient (Wildman–Crippen LogP) is 0.0574. The van der Waals surface area contributed by atoms with Crippen LogP contribution in [0.5, 0.6) is 0 Å². The molecule has 0 radical (unpaired) electrons. The monoisotopic (exact) mass is 251 g/mol. The Morgan fingerprint density at radius 2 is 2.22 bits per heavy atom. The molecule has 0 saturated carbocycles. The smallest absolute Gasteiger partial charge is 0.269 e. The molecule has 6 nitrogen and oxygen atoms in total. The molecule has 2 heterocycles. The lowest BCUT2D eigenvalue weighted by Gasteiger charge is -2.32. The molecule has 18 heavy (non-hydrogen) atoms. The fourth-order valence-electron chi connectivity index (χ4n) is 2.15. The van der Waals surface area contributed by atoms with Crippen molar-refractivity contribution in [2.75, 3.05) is 25.1 Å². The summed E-state index contributed by atoms with van der Waals surface area (Å²) in [7, 11) is 1.72. The zero-order chi connectivity index (χ0) is 13.0. The molecule has 0 atom stereocenters. The number of piperidine rings is 1. The van der Waals surface area contributed by atoms with Crippen molar-refractivity contribution in [1.82, 2.24) is 9.78 Å². The molecule has 98 valence electrons. The average molecular weight is 251 g/mol. The second-order valence-corrected chi connectivity index (χ2v) is 4.32. The summed E-state index contributed by atoms with van der Waals surface area (Å²) in [5.41, 5.74) is 0.574. The fraction of sp³-hybridized carbons (Fsp3) is 0.583. The van der Waals surface area contributed by atoms with Crippen LogP contribution in [-0.2, 0) is 16.1 Å². The summed E-state index contributed by atoms with van der Waals surface area (Å²) >= 11 is 0. The van der Waals surface area contributed by atoms with E-state index in [1.54, 1.807) is 13.3 Å². The minimum Gasteiger partial charge on any atom is -0.381 e. The first kappa shape index (κ1) is 12.8. The van der Waals surface area contributed by atoms with Crippen LogP contribution in [0.2, 0.25) is 0 Å². The zero-order valence-corrected chi connectivity index (χ0v) is 10.4. The third kappa shape index (κ3) is 2.76. The van der Waals surface area contributed by atoms with Crippen LogP contribution < -0.4 is 10.5 Å². The van der Waals surface area contributed by atoms with Crippen LogP contribution in [0.1, 0.15) is 12.8 Å². The van der Waals surface area contributed by atoms with Crippen LogP contribution in [-0.4, -0.2) is 42.4 Å². The maximum absolute atomic E-state index is 11.7. The number of carbonyl (C=O) groups excluding carboxylic acids is 1. The SMILES string of the molecule is COC1CCN(c2cnn(CC=O)c(=O)c2)CC1. The van der Waals surface area contributed by atoms with E-state index < -0.39 is 0 Å². The summed E-state index contributed by atoms with van der Waals surface area (Å²) in [6, 6.07) is 1.53. The molecule has 0 aliphatic carbocycles. The number of carbonyl (C=O) groups is 1. The summed E-state index contributed by atoms with van der Waals surface area (Å²) < 4.78 is 6.45. The Balaban J connectivity index is 2.08. The molecular weight excluding hydrogens is 234 g/mol. The van der Waals surface area contributed by atoms with Crippen molar-refractivity contribution in [1.29, 1.82) is 0 Å². The van der Waals surface area contributed by atoms with E-state index in [0.717, 1.165) is 36.3 Å². The van der Waals surface area contributed by atoms with E-state index in [0.29, 0.717) is 12.4 Å². The molecule has 1 fully saturated rings. The molecule has 0 aromatic carbocycles.